The van der Waals surface area contributed by atoms with Gasteiger partial charge in [-0.25, -0.2) is 9.78 Å². The molecule has 2 rings (SSSR count). The van der Waals surface area contributed by atoms with E-state index < -0.39 is 5.97 Å². The molecular formula is C16H26N2O2S. The molecular weight excluding hydrogens is 284 g/mol. The summed E-state index contributed by atoms with van der Waals surface area (Å²) in [5.74, 6) is -0.722. The monoisotopic (exact) mass is 310 g/mol. The molecule has 0 bridgehead atoms. The molecule has 0 aromatic carbocycles. The minimum absolute atomic E-state index is 0.139. The van der Waals surface area contributed by atoms with E-state index in [1.807, 2.05) is 13.8 Å². The third-order valence-electron chi connectivity index (χ3n) is 4.54. The molecule has 0 saturated heterocycles. The highest BCUT2D eigenvalue weighted by atomic mass is 32.1. The molecule has 0 aliphatic heterocycles. The van der Waals surface area contributed by atoms with Gasteiger partial charge in [-0.15, -0.1) is 0 Å². The zero-order valence-corrected chi connectivity index (χ0v) is 14.5. The number of aromatic carboxylic acids is 1. The van der Waals surface area contributed by atoms with Crippen LogP contribution in [0.15, 0.2) is 0 Å². The van der Waals surface area contributed by atoms with Crippen molar-refractivity contribution < 1.29 is 9.90 Å². The number of hydrogen-bond donors (Lipinski definition) is 1. The number of anilines is 1. The summed E-state index contributed by atoms with van der Waals surface area (Å²) in [5.41, 5.74) is 1.15. The Labute approximate surface area is 131 Å². The predicted molar refractivity (Wildman–Crippen MR) is 87.6 cm³/mol. The number of carbonyl (C=O) groups is 1. The topological polar surface area (TPSA) is 53.4 Å². The summed E-state index contributed by atoms with van der Waals surface area (Å²) in [5, 5.41) is 10.2. The summed E-state index contributed by atoms with van der Waals surface area (Å²) in [6, 6.07) is 0.478. The van der Waals surface area contributed by atoms with Crippen LogP contribution in [0.2, 0.25) is 0 Å². The molecule has 0 atom stereocenters. The highest BCUT2D eigenvalue weighted by molar-refractivity contribution is 7.17. The van der Waals surface area contributed by atoms with Crippen molar-refractivity contribution >= 4 is 22.4 Å². The third kappa shape index (κ3) is 3.57. The lowest BCUT2D eigenvalue weighted by molar-refractivity contribution is 0.0700. The summed E-state index contributed by atoms with van der Waals surface area (Å²) in [7, 11) is 2.05. The van der Waals surface area contributed by atoms with E-state index in [9.17, 15) is 9.90 Å². The van der Waals surface area contributed by atoms with Crippen molar-refractivity contribution in [2.75, 3.05) is 11.9 Å². The summed E-state index contributed by atoms with van der Waals surface area (Å²) >= 11 is 1.31. The first-order valence-electron chi connectivity index (χ1n) is 7.68. The van der Waals surface area contributed by atoms with Crippen molar-refractivity contribution in [1.29, 1.82) is 0 Å². The molecule has 1 aliphatic rings. The van der Waals surface area contributed by atoms with Crippen LogP contribution >= 0.6 is 11.3 Å². The average molecular weight is 310 g/mol. The smallest absolute Gasteiger partial charge is 0.347 e. The molecule has 1 aliphatic carbocycles. The Kier molecular flexibility index (Phi) is 4.61. The maximum atomic E-state index is 11.4. The molecule has 1 aromatic rings. The number of aromatic nitrogens is 1. The lowest BCUT2D eigenvalue weighted by Crippen LogP contribution is -2.37. The number of nitrogens with zero attached hydrogens (tertiary/aromatic N) is 2. The maximum Gasteiger partial charge on any atom is 0.347 e. The van der Waals surface area contributed by atoms with Gasteiger partial charge in [-0.3, -0.25) is 0 Å². The van der Waals surface area contributed by atoms with Crippen molar-refractivity contribution in [2.45, 2.75) is 65.3 Å². The van der Waals surface area contributed by atoms with Gasteiger partial charge >= 0.3 is 5.97 Å². The van der Waals surface area contributed by atoms with Crippen molar-refractivity contribution in [3.05, 3.63) is 10.6 Å². The fraction of sp³-hybridized carbons (Fsp3) is 0.750. The fourth-order valence-corrected chi connectivity index (χ4v) is 4.04. The lowest BCUT2D eigenvalue weighted by atomic mass is 9.75. The molecule has 1 saturated carbocycles. The zero-order valence-electron chi connectivity index (χ0n) is 13.6. The molecule has 0 unspecified atom stereocenters. The van der Waals surface area contributed by atoms with Crippen molar-refractivity contribution in [2.24, 2.45) is 5.41 Å². The van der Waals surface area contributed by atoms with E-state index in [1.54, 1.807) is 0 Å². The van der Waals surface area contributed by atoms with Crippen LogP contribution in [0, 0.1) is 5.41 Å². The highest BCUT2D eigenvalue weighted by Gasteiger charge is 2.31. The normalized spacial score (nSPS) is 19.0. The Hall–Kier alpha value is -1.10. The van der Waals surface area contributed by atoms with Gasteiger partial charge in [0.2, 0.25) is 0 Å². The molecule has 1 N–H and O–H groups in total. The van der Waals surface area contributed by atoms with Gasteiger partial charge < -0.3 is 10.0 Å². The van der Waals surface area contributed by atoms with Gasteiger partial charge in [-0.05, 0) is 37.0 Å². The van der Waals surface area contributed by atoms with Gasteiger partial charge in [0.05, 0.1) is 5.69 Å². The van der Waals surface area contributed by atoms with Crippen LogP contribution in [-0.2, 0) is 0 Å². The Balaban J connectivity index is 2.18. The maximum absolute atomic E-state index is 11.4. The molecule has 21 heavy (non-hydrogen) atoms. The molecule has 118 valence electrons. The Morgan fingerprint density at radius 3 is 2.38 bits per heavy atom. The predicted octanol–water partition coefficient (Wildman–Crippen LogP) is 4.37. The first-order chi connectivity index (χ1) is 9.71. The van der Waals surface area contributed by atoms with E-state index in [4.69, 9.17) is 0 Å². The Morgan fingerprint density at radius 2 is 1.95 bits per heavy atom. The highest BCUT2D eigenvalue weighted by Crippen LogP contribution is 2.39. The number of hydrogen-bond acceptors (Lipinski definition) is 4. The molecule has 5 heteroatoms. The van der Waals surface area contributed by atoms with Crippen molar-refractivity contribution in [3.63, 3.8) is 0 Å². The standard InChI is InChI=1S/C16H26N2O2S/c1-10(2)12-13(14(19)20)21-15(17-12)18(5)11-6-8-16(3,4)9-7-11/h10-11H,6-9H2,1-5H3,(H,19,20). The second-order valence-electron chi connectivity index (χ2n) is 7.18. The van der Waals surface area contributed by atoms with E-state index in [1.165, 1.54) is 24.2 Å². The number of carboxylic acid groups (broad SMARTS) is 1. The van der Waals surface area contributed by atoms with Gasteiger partial charge in [0.15, 0.2) is 5.13 Å². The number of carboxylic acids is 1. The molecule has 1 fully saturated rings. The van der Waals surface area contributed by atoms with Crippen LogP contribution < -0.4 is 4.90 Å². The minimum Gasteiger partial charge on any atom is -0.477 e. The van der Waals surface area contributed by atoms with Crippen LogP contribution in [0.25, 0.3) is 0 Å². The fourth-order valence-electron chi connectivity index (χ4n) is 2.94. The van der Waals surface area contributed by atoms with Gasteiger partial charge in [0.25, 0.3) is 0 Å². The van der Waals surface area contributed by atoms with E-state index in [-0.39, 0.29) is 5.92 Å². The van der Waals surface area contributed by atoms with Crippen LogP contribution in [0.1, 0.15) is 74.7 Å². The van der Waals surface area contributed by atoms with Crippen LogP contribution in [0.4, 0.5) is 5.13 Å². The Bertz CT molecular complexity index is 512. The molecule has 0 spiro atoms. The quantitative estimate of drug-likeness (QED) is 0.897. The van der Waals surface area contributed by atoms with Crippen LogP contribution in [0.5, 0.6) is 0 Å². The summed E-state index contributed by atoms with van der Waals surface area (Å²) < 4.78 is 0. The van der Waals surface area contributed by atoms with Crippen LogP contribution in [0.3, 0.4) is 0 Å². The van der Waals surface area contributed by atoms with E-state index in [2.05, 4.69) is 30.8 Å². The minimum atomic E-state index is -0.861. The molecule has 1 heterocycles. The largest absolute Gasteiger partial charge is 0.477 e. The van der Waals surface area contributed by atoms with Crippen molar-refractivity contribution in [1.82, 2.24) is 4.98 Å². The second-order valence-corrected chi connectivity index (χ2v) is 8.15. The zero-order chi connectivity index (χ0) is 15.8. The molecule has 4 nitrogen and oxygen atoms in total. The van der Waals surface area contributed by atoms with Gasteiger partial charge in [-0.2, -0.15) is 0 Å². The van der Waals surface area contributed by atoms with Crippen LogP contribution in [-0.4, -0.2) is 29.1 Å². The average Bonchev–Trinajstić information content (AvgIpc) is 2.83. The summed E-state index contributed by atoms with van der Waals surface area (Å²) in [4.78, 5) is 18.6. The number of rotatable bonds is 4. The SMILES string of the molecule is CC(C)c1nc(N(C)C2CCC(C)(C)CC2)sc1C(=O)O. The molecule has 1 aromatic heterocycles. The van der Waals surface area contributed by atoms with E-state index in [0.29, 0.717) is 22.0 Å². The number of thiazole rings is 1. The van der Waals surface area contributed by atoms with Gasteiger partial charge in [-0.1, -0.05) is 39.0 Å². The van der Waals surface area contributed by atoms with Gasteiger partial charge in [0.1, 0.15) is 4.88 Å². The lowest BCUT2D eigenvalue weighted by Gasteiger charge is -2.38. The first-order valence-corrected chi connectivity index (χ1v) is 8.50. The third-order valence-corrected chi connectivity index (χ3v) is 5.69. The summed E-state index contributed by atoms with van der Waals surface area (Å²) in [6.45, 7) is 8.64. The van der Waals surface area contributed by atoms with E-state index >= 15 is 0 Å². The summed E-state index contributed by atoms with van der Waals surface area (Å²) in [6.07, 6.45) is 4.75. The molecule has 0 amide bonds. The van der Waals surface area contributed by atoms with E-state index in [0.717, 1.165) is 18.0 Å². The van der Waals surface area contributed by atoms with Gasteiger partial charge in [0, 0.05) is 13.1 Å². The van der Waals surface area contributed by atoms with Crippen molar-refractivity contribution in [3.8, 4) is 0 Å². The Morgan fingerprint density at radius 1 is 1.38 bits per heavy atom. The first kappa shape index (κ1) is 16.3. The second kappa shape index (κ2) is 5.95. The molecule has 0 radical (unpaired) electrons.